The molecule has 0 amide bonds. The molecule has 4 rings (SSSR count). The van der Waals surface area contributed by atoms with Crippen molar-refractivity contribution < 1.29 is 13.9 Å². The molecule has 0 saturated carbocycles. The SMILES string of the molecule is CCOC(=O)C1=C(C)N=C2SC=C(c3ccc(F)cc3)N2C1c1ccccc1. The van der Waals surface area contributed by atoms with E-state index in [2.05, 4.69) is 4.99 Å². The van der Waals surface area contributed by atoms with Crippen molar-refractivity contribution in [1.29, 1.82) is 0 Å². The maximum atomic E-state index is 13.4. The van der Waals surface area contributed by atoms with E-state index in [1.165, 1.54) is 23.9 Å². The number of esters is 1. The number of benzene rings is 2. The lowest BCUT2D eigenvalue weighted by Gasteiger charge is -2.36. The maximum absolute atomic E-state index is 13.4. The molecule has 0 radical (unpaired) electrons. The third kappa shape index (κ3) is 3.24. The van der Waals surface area contributed by atoms with Gasteiger partial charge >= 0.3 is 5.97 Å². The van der Waals surface area contributed by atoms with Gasteiger partial charge < -0.3 is 9.64 Å². The van der Waals surface area contributed by atoms with Gasteiger partial charge in [-0.05, 0) is 49.2 Å². The van der Waals surface area contributed by atoms with Crippen molar-refractivity contribution in [3.8, 4) is 0 Å². The first-order valence-electron chi connectivity index (χ1n) is 9.03. The summed E-state index contributed by atoms with van der Waals surface area (Å²) in [7, 11) is 0. The Balaban J connectivity index is 1.84. The number of amidine groups is 1. The second kappa shape index (κ2) is 7.64. The molecule has 0 aromatic heterocycles. The summed E-state index contributed by atoms with van der Waals surface area (Å²) < 4.78 is 18.8. The summed E-state index contributed by atoms with van der Waals surface area (Å²) in [6.45, 7) is 3.92. The van der Waals surface area contributed by atoms with Crippen LogP contribution in [0.4, 0.5) is 4.39 Å². The van der Waals surface area contributed by atoms with Gasteiger partial charge in [0.2, 0.25) is 0 Å². The molecule has 1 atom stereocenters. The van der Waals surface area contributed by atoms with Crippen LogP contribution in [0.3, 0.4) is 0 Å². The largest absolute Gasteiger partial charge is 0.463 e. The molecule has 0 bridgehead atoms. The Bertz CT molecular complexity index is 997. The molecule has 0 N–H and O–H groups in total. The number of nitrogens with zero attached hydrogens (tertiary/aromatic N) is 2. The lowest BCUT2D eigenvalue weighted by molar-refractivity contribution is -0.139. The van der Waals surface area contributed by atoms with Crippen molar-refractivity contribution in [3.05, 3.63) is 88.2 Å². The lowest BCUT2D eigenvalue weighted by Crippen LogP contribution is -2.36. The molecule has 142 valence electrons. The van der Waals surface area contributed by atoms with Gasteiger partial charge in [0.05, 0.1) is 29.6 Å². The van der Waals surface area contributed by atoms with Crippen LogP contribution < -0.4 is 0 Å². The number of carbonyl (C=O) groups is 1. The molecular formula is C22H19FN2O2S. The number of rotatable bonds is 4. The molecule has 2 heterocycles. The zero-order valence-corrected chi connectivity index (χ0v) is 16.4. The third-order valence-electron chi connectivity index (χ3n) is 4.68. The number of hydrogen-bond donors (Lipinski definition) is 0. The van der Waals surface area contributed by atoms with Gasteiger partial charge in [0.15, 0.2) is 5.17 Å². The summed E-state index contributed by atoms with van der Waals surface area (Å²) in [6.07, 6.45) is 0. The van der Waals surface area contributed by atoms with Gasteiger partial charge in [0.25, 0.3) is 0 Å². The zero-order valence-electron chi connectivity index (χ0n) is 15.6. The van der Waals surface area contributed by atoms with Crippen LogP contribution in [0.1, 0.15) is 31.0 Å². The number of allylic oxidation sites excluding steroid dienone is 1. The van der Waals surface area contributed by atoms with E-state index >= 15 is 0 Å². The highest BCUT2D eigenvalue weighted by atomic mass is 32.2. The molecule has 1 unspecified atom stereocenters. The van der Waals surface area contributed by atoms with E-state index in [9.17, 15) is 9.18 Å². The van der Waals surface area contributed by atoms with Gasteiger partial charge in [-0.3, -0.25) is 0 Å². The fourth-order valence-electron chi connectivity index (χ4n) is 3.43. The quantitative estimate of drug-likeness (QED) is 0.675. The fourth-order valence-corrected chi connectivity index (χ4v) is 4.41. The molecule has 2 aromatic rings. The van der Waals surface area contributed by atoms with Crippen LogP contribution in [0.2, 0.25) is 0 Å². The number of aliphatic imine (C=N–C) groups is 1. The van der Waals surface area contributed by atoms with Crippen LogP contribution in [0.25, 0.3) is 5.70 Å². The van der Waals surface area contributed by atoms with Gasteiger partial charge in [0.1, 0.15) is 5.82 Å². The number of halogens is 1. The highest BCUT2D eigenvalue weighted by molar-refractivity contribution is 8.16. The van der Waals surface area contributed by atoms with Crippen LogP contribution in [0.5, 0.6) is 0 Å². The van der Waals surface area contributed by atoms with E-state index in [0.717, 1.165) is 22.0 Å². The highest BCUT2D eigenvalue weighted by Gasteiger charge is 2.40. The molecule has 0 saturated heterocycles. The second-order valence-electron chi connectivity index (χ2n) is 6.42. The summed E-state index contributed by atoms with van der Waals surface area (Å²) in [4.78, 5) is 19.5. The fraction of sp³-hybridized carbons (Fsp3) is 0.182. The Morgan fingerprint density at radius 3 is 2.57 bits per heavy atom. The Morgan fingerprint density at radius 1 is 1.18 bits per heavy atom. The number of ether oxygens (including phenoxy) is 1. The van der Waals surface area contributed by atoms with Gasteiger partial charge in [0, 0.05) is 5.41 Å². The minimum absolute atomic E-state index is 0.287. The minimum atomic E-state index is -0.369. The summed E-state index contributed by atoms with van der Waals surface area (Å²) >= 11 is 1.50. The van der Waals surface area contributed by atoms with Crippen molar-refractivity contribution in [2.75, 3.05) is 6.61 Å². The average molecular weight is 394 g/mol. The van der Waals surface area contributed by atoms with E-state index in [-0.39, 0.29) is 17.8 Å². The second-order valence-corrected chi connectivity index (χ2v) is 7.26. The van der Waals surface area contributed by atoms with Gasteiger partial charge in [-0.15, -0.1) is 0 Å². The topological polar surface area (TPSA) is 41.9 Å². The average Bonchev–Trinajstić information content (AvgIpc) is 3.11. The molecule has 0 fully saturated rings. The Morgan fingerprint density at radius 2 is 1.89 bits per heavy atom. The Hall–Kier alpha value is -2.86. The maximum Gasteiger partial charge on any atom is 0.338 e. The molecule has 4 nitrogen and oxygen atoms in total. The molecular weight excluding hydrogens is 375 g/mol. The predicted octanol–water partition coefficient (Wildman–Crippen LogP) is 5.12. The molecule has 2 aliphatic heterocycles. The van der Waals surface area contributed by atoms with Crippen molar-refractivity contribution in [2.45, 2.75) is 19.9 Å². The molecule has 2 aliphatic rings. The molecule has 2 aromatic carbocycles. The first-order valence-corrected chi connectivity index (χ1v) is 9.91. The van der Waals surface area contributed by atoms with E-state index in [1.54, 1.807) is 19.1 Å². The molecule has 0 spiro atoms. The molecule has 0 aliphatic carbocycles. The van der Waals surface area contributed by atoms with Crippen molar-refractivity contribution in [1.82, 2.24) is 4.90 Å². The van der Waals surface area contributed by atoms with E-state index in [4.69, 9.17) is 4.74 Å². The van der Waals surface area contributed by atoms with Crippen molar-refractivity contribution >= 4 is 28.6 Å². The van der Waals surface area contributed by atoms with Crippen LogP contribution in [-0.4, -0.2) is 22.6 Å². The smallest absolute Gasteiger partial charge is 0.338 e. The van der Waals surface area contributed by atoms with Gasteiger partial charge in [-0.2, -0.15) is 0 Å². The van der Waals surface area contributed by atoms with Gasteiger partial charge in [-0.1, -0.05) is 42.1 Å². The van der Waals surface area contributed by atoms with Crippen LogP contribution in [-0.2, 0) is 9.53 Å². The highest BCUT2D eigenvalue weighted by Crippen LogP contribution is 2.46. The summed E-state index contributed by atoms with van der Waals surface area (Å²) in [5.41, 5.74) is 3.88. The third-order valence-corrected chi connectivity index (χ3v) is 5.52. The number of fused-ring (bicyclic) bond motifs is 1. The first-order chi connectivity index (χ1) is 13.6. The summed E-state index contributed by atoms with van der Waals surface area (Å²) in [5, 5.41) is 2.78. The molecule has 28 heavy (non-hydrogen) atoms. The monoisotopic (exact) mass is 394 g/mol. The van der Waals surface area contributed by atoms with Crippen LogP contribution in [0, 0.1) is 5.82 Å². The normalized spacial score (nSPS) is 18.5. The minimum Gasteiger partial charge on any atom is -0.463 e. The lowest BCUT2D eigenvalue weighted by atomic mass is 9.93. The van der Waals surface area contributed by atoms with E-state index < -0.39 is 0 Å². The van der Waals surface area contributed by atoms with Crippen molar-refractivity contribution in [3.63, 3.8) is 0 Å². The standard InChI is InChI=1S/C22H19FN2O2S/c1-3-27-21(26)19-14(2)24-22-25(20(19)16-7-5-4-6-8-16)18(13-28-22)15-9-11-17(23)12-10-15/h4-13,20H,3H2,1-2H3. The molecule has 6 heteroatoms. The Labute approximate surface area is 167 Å². The van der Waals surface area contributed by atoms with Crippen molar-refractivity contribution in [2.24, 2.45) is 4.99 Å². The predicted molar refractivity (Wildman–Crippen MR) is 110 cm³/mol. The summed E-state index contributed by atoms with van der Waals surface area (Å²) in [6, 6.07) is 15.8. The number of thioether (sulfide) groups is 1. The first kappa shape index (κ1) is 18.5. The number of hydrogen-bond acceptors (Lipinski definition) is 5. The van der Waals surface area contributed by atoms with Crippen LogP contribution in [0.15, 0.2) is 76.3 Å². The van der Waals surface area contributed by atoms with Gasteiger partial charge in [-0.25, -0.2) is 14.2 Å². The zero-order chi connectivity index (χ0) is 19.7. The van der Waals surface area contributed by atoms with E-state index in [1.807, 2.05) is 47.6 Å². The van der Waals surface area contributed by atoms with E-state index in [0.29, 0.717) is 17.9 Å². The Kier molecular flexibility index (Phi) is 5.05. The number of carbonyl (C=O) groups excluding carboxylic acids is 1. The summed E-state index contributed by atoms with van der Waals surface area (Å²) in [5.74, 6) is -0.655. The van der Waals surface area contributed by atoms with Crippen LogP contribution >= 0.6 is 11.8 Å².